The Labute approximate surface area is 155 Å². The lowest BCUT2D eigenvalue weighted by Gasteiger charge is -2.38. The van der Waals surface area contributed by atoms with Gasteiger partial charge in [-0.15, -0.1) is 0 Å². The van der Waals surface area contributed by atoms with Gasteiger partial charge in [-0.3, -0.25) is 14.2 Å². The van der Waals surface area contributed by atoms with Gasteiger partial charge in [-0.25, -0.2) is 0 Å². The van der Waals surface area contributed by atoms with E-state index in [-0.39, 0.29) is 17.7 Å². The van der Waals surface area contributed by atoms with Crippen LogP contribution in [-0.4, -0.2) is 59.9 Å². The molecule has 1 aliphatic rings. The molecule has 0 unspecified atom stereocenters. The maximum Gasteiger partial charge on any atom is 0.237 e. The van der Waals surface area contributed by atoms with Crippen LogP contribution < -0.4 is 0 Å². The molecule has 1 aliphatic heterocycles. The SMILES string of the molecule is CCCC(=O)N1CC(C(=O)n2cc(CCN(C)C)c3cc(C)ccc32)C1. The predicted molar refractivity (Wildman–Crippen MR) is 105 cm³/mol. The smallest absolute Gasteiger partial charge is 0.237 e. The van der Waals surface area contributed by atoms with Crippen molar-refractivity contribution in [2.75, 3.05) is 33.7 Å². The van der Waals surface area contributed by atoms with E-state index >= 15 is 0 Å². The molecule has 0 aliphatic carbocycles. The third-order valence-corrected chi connectivity index (χ3v) is 5.16. The predicted octanol–water partition coefficient (Wildman–Crippen LogP) is 2.95. The number of hydrogen-bond donors (Lipinski definition) is 0. The molecule has 0 atom stereocenters. The van der Waals surface area contributed by atoms with Crippen LogP contribution in [0.1, 0.15) is 35.7 Å². The summed E-state index contributed by atoms with van der Waals surface area (Å²) in [6.45, 7) is 6.14. The topological polar surface area (TPSA) is 45.6 Å². The average Bonchev–Trinajstić information content (AvgIpc) is 2.89. The van der Waals surface area contributed by atoms with E-state index in [0.29, 0.717) is 19.5 Å². The third kappa shape index (κ3) is 3.68. The molecule has 1 fully saturated rings. The quantitative estimate of drug-likeness (QED) is 0.800. The van der Waals surface area contributed by atoms with E-state index in [0.717, 1.165) is 24.9 Å². The minimum absolute atomic E-state index is 0.0885. The maximum atomic E-state index is 13.0. The summed E-state index contributed by atoms with van der Waals surface area (Å²) >= 11 is 0. The lowest BCUT2D eigenvalue weighted by Crippen LogP contribution is -2.54. The molecule has 26 heavy (non-hydrogen) atoms. The zero-order valence-corrected chi connectivity index (χ0v) is 16.3. The highest BCUT2D eigenvalue weighted by atomic mass is 16.2. The Morgan fingerprint density at radius 1 is 1.23 bits per heavy atom. The molecule has 0 spiro atoms. The molecule has 2 heterocycles. The van der Waals surface area contributed by atoms with E-state index in [2.05, 4.69) is 38.1 Å². The van der Waals surface area contributed by atoms with Gasteiger partial charge in [-0.1, -0.05) is 18.6 Å². The Morgan fingerprint density at radius 2 is 1.96 bits per heavy atom. The van der Waals surface area contributed by atoms with Crippen molar-refractivity contribution in [2.45, 2.75) is 33.1 Å². The van der Waals surface area contributed by atoms with Crippen molar-refractivity contribution in [1.82, 2.24) is 14.4 Å². The second kappa shape index (κ2) is 7.62. The summed E-state index contributed by atoms with van der Waals surface area (Å²) in [5.74, 6) is 0.182. The number of hydrogen-bond acceptors (Lipinski definition) is 3. The lowest BCUT2D eigenvalue weighted by molar-refractivity contribution is -0.136. The molecule has 0 radical (unpaired) electrons. The summed E-state index contributed by atoms with van der Waals surface area (Å²) in [5.41, 5.74) is 3.39. The molecule has 5 nitrogen and oxygen atoms in total. The van der Waals surface area contributed by atoms with Crippen molar-refractivity contribution in [3.63, 3.8) is 0 Å². The van der Waals surface area contributed by atoms with Crippen molar-refractivity contribution in [3.05, 3.63) is 35.5 Å². The highest BCUT2D eigenvalue weighted by molar-refractivity contribution is 5.96. The molecule has 2 aromatic rings. The van der Waals surface area contributed by atoms with Crippen LogP contribution in [0.25, 0.3) is 10.9 Å². The van der Waals surface area contributed by atoms with Gasteiger partial charge in [0.2, 0.25) is 11.8 Å². The van der Waals surface area contributed by atoms with Crippen LogP contribution in [-0.2, 0) is 11.2 Å². The van der Waals surface area contributed by atoms with Gasteiger partial charge in [0.05, 0.1) is 11.4 Å². The second-order valence-corrected chi connectivity index (χ2v) is 7.68. The molecule has 1 amide bonds. The molecule has 1 aromatic heterocycles. The van der Waals surface area contributed by atoms with E-state index in [1.165, 1.54) is 16.5 Å². The Bertz CT molecular complexity index is 816. The molecule has 1 aromatic carbocycles. The second-order valence-electron chi connectivity index (χ2n) is 7.68. The zero-order chi connectivity index (χ0) is 18.8. The van der Waals surface area contributed by atoms with Gasteiger partial charge in [-0.05, 0) is 51.6 Å². The first-order valence-electron chi connectivity index (χ1n) is 9.48. The number of likely N-dealkylation sites (tertiary alicyclic amines) is 1. The molecule has 0 saturated carbocycles. The molecular weight excluding hydrogens is 326 g/mol. The Hall–Kier alpha value is -2.14. The van der Waals surface area contributed by atoms with Gasteiger partial charge in [0.15, 0.2) is 0 Å². The first-order valence-corrected chi connectivity index (χ1v) is 9.48. The van der Waals surface area contributed by atoms with Crippen LogP contribution >= 0.6 is 0 Å². The van der Waals surface area contributed by atoms with Gasteiger partial charge in [0.1, 0.15) is 0 Å². The maximum absolute atomic E-state index is 13.0. The summed E-state index contributed by atoms with van der Waals surface area (Å²) in [6.07, 6.45) is 4.34. The normalized spacial score (nSPS) is 14.9. The number of aryl methyl sites for hydroxylation is 1. The van der Waals surface area contributed by atoms with Crippen molar-refractivity contribution < 1.29 is 9.59 Å². The van der Waals surface area contributed by atoms with Crippen LogP contribution in [0.15, 0.2) is 24.4 Å². The van der Waals surface area contributed by atoms with Crippen LogP contribution in [0, 0.1) is 12.8 Å². The Morgan fingerprint density at radius 3 is 2.62 bits per heavy atom. The number of amides is 1. The summed E-state index contributed by atoms with van der Waals surface area (Å²) in [6, 6.07) is 6.27. The van der Waals surface area contributed by atoms with Gasteiger partial charge >= 0.3 is 0 Å². The largest absolute Gasteiger partial charge is 0.341 e. The van der Waals surface area contributed by atoms with Crippen LogP contribution in [0.4, 0.5) is 0 Å². The van der Waals surface area contributed by atoms with Crippen LogP contribution in [0.5, 0.6) is 0 Å². The standard InChI is InChI=1S/C21H29N3O2/c1-5-6-20(25)23-12-17(13-23)21(26)24-14-16(9-10-22(3)4)18-11-15(2)7-8-19(18)24/h7-8,11,14,17H,5-6,9-10,12-13H2,1-4H3. The van der Waals surface area contributed by atoms with E-state index in [1.54, 1.807) is 4.90 Å². The summed E-state index contributed by atoms with van der Waals surface area (Å²) in [4.78, 5) is 28.9. The summed E-state index contributed by atoms with van der Waals surface area (Å²) in [7, 11) is 4.12. The van der Waals surface area contributed by atoms with Gasteiger partial charge in [0.25, 0.3) is 0 Å². The number of carbonyl (C=O) groups is 2. The van der Waals surface area contributed by atoms with Gasteiger partial charge in [-0.2, -0.15) is 0 Å². The average molecular weight is 355 g/mol. The molecule has 5 heteroatoms. The van der Waals surface area contributed by atoms with Gasteiger partial charge < -0.3 is 9.80 Å². The third-order valence-electron chi connectivity index (χ3n) is 5.16. The number of benzene rings is 1. The number of aromatic nitrogens is 1. The minimum atomic E-state index is -0.0885. The monoisotopic (exact) mass is 355 g/mol. The van der Waals surface area contributed by atoms with Crippen molar-refractivity contribution >= 4 is 22.7 Å². The molecule has 0 bridgehead atoms. The molecule has 0 N–H and O–H groups in total. The van der Waals surface area contributed by atoms with Crippen LogP contribution in [0.2, 0.25) is 0 Å². The Kier molecular flexibility index (Phi) is 5.47. The van der Waals surface area contributed by atoms with Crippen molar-refractivity contribution in [3.8, 4) is 0 Å². The minimum Gasteiger partial charge on any atom is -0.341 e. The van der Waals surface area contributed by atoms with Gasteiger partial charge in [0, 0.05) is 37.6 Å². The highest BCUT2D eigenvalue weighted by Gasteiger charge is 2.36. The van der Waals surface area contributed by atoms with E-state index in [4.69, 9.17) is 0 Å². The van der Waals surface area contributed by atoms with E-state index in [1.807, 2.05) is 23.8 Å². The Balaban J connectivity index is 1.81. The molecule has 3 rings (SSSR count). The fraction of sp³-hybridized carbons (Fsp3) is 0.524. The first kappa shape index (κ1) is 18.6. The molecule has 1 saturated heterocycles. The lowest BCUT2D eigenvalue weighted by atomic mass is 9.98. The molecular formula is C21H29N3O2. The van der Waals surface area contributed by atoms with Crippen molar-refractivity contribution in [2.24, 2.45) is 5.92 Å². The number of likely N-dealkylation sites (N-methyl/N-ethyl adjacent to an activating group) is 1. The number of carbonyl (C=O) groups excluding carboxylic acids is 2. The fourth-order valence-corrected chi connectivity index (χ4v) is 3.54. The highest BCUT2D eigenvalue weighted by Crippen LogP contribution is 2.27. The fourth-order valence-electron chi connectivity index (χ4n) is 3.54. The van der Waals surface area contributed by atoms with Crippen molar-refractivity contribution in [1.29, 1.82) is 0 Å². The van der Waals surface area contributed by atoms with E-state index < -0.39 is 0 Å². The summed E-state index contributed by atoms with van der Waals surface area (Å²) in [5, 5.41) is 1.17. The summed E-state index contributed by atoms with van der Waals surface area (Å²) < 4.78 is 1.81. The number of rotatable bonds is 6. The van der Waals surface area contributed by atoms with E-state index in [9.17, 15) is 9.59 Å². The number of nitrogens with zero attached hydrogens (tertiary/aromatic N) is 3. The zero-order valence-electron chi connectivity index (χ0n) is 16.3. The van der Waals surface area contributed by atoms with Crippen LogP contribution in [0.3, 0.4) is 0 Å². The molecule has 140 valence electrons. The number of fused-ring (bicyclic) bond motifs is 1. The first-order chi connectivity index (χ1) is 12.4.